The summed E-state index contributed by atoms with van der Waals surface area (Å²) in [5.74, 6) is -0.907. The van der Waals surface area contributed by atoms with Crippen molar-refractivity contribution in [3.8, 4) is 0 Å². The molecule has 0 aliphatic carbocycles. The predicted molar refractivity (Wildman–Crippen MR) is 109 cm³/mol. The molecule has 152 valence electrons. The average molecular weight is 368 g/mol. The molecule has 26 heavy (non-hydrogen) atoms. The third-order valence-corrected chi connectivity index (χ3v) is 4.55. The highest BCUT2D eigenvalue weighted by atomic mass is 16.4. The summed E-state index contributed by atoms with van der Waals surface area (Å²) in [4.78, 5) is 22.2. The van der Waals surface area contributed by atoms with Crippen molar-refractivity contribution in [3.63, 3.8) is 0 Å². The Kier molecular flexibility index (Phi) is 17.5. The van der Waals surface area contributed by atoms with Gasteiger partial charge in [-0.25, -0.2) is 0 Å². The van der Waals surface area contributed by atoms with E-state index in [0.29, 0.717) is 6.42 Å². The van der Waals surface area contributed by atoms with Crippen LogP contribution in [0.1, 0.15) is 110 Å². The molecule has 0 saturated heterocycles. The Bertz CT molecular complexity index is 380. The zero-order chi connectivity index (χ0) is 19.5. The highest BCUT2D eigenvalue weighted by Crippen LogP contribution is 2.10. The van der Waals surface area contributed by atoms with E-state index >= 15 is 0 Å². The van der Waals surface area contributed by atoms with Gasteiger partial charge in [-0.2, -0.15) is 0 Å². The summed E-state index contributed by atoms with van der Waals surface area (Å²) in [6.45, 7) is 3.98. The van der Waals surface area contributed by atoms with E-state index in [0.717, 1.165) is 12.8 Å². The van der Waals surface area contributed by atoms with E-state index in [1.54, 1.807) is 6.92 Å². The van der Waals surface area contributed by atoms with E-state index in [4.69, 9.17) is 5.11 Å². The van der Waals surface area contributed by atoms with Gasteiger partial charge in [0.2, 0.25) is 5.91 Å². The first-order chi connectivity index (χ1) is 12.6. The minimum absolute atomic E-state index is 0.0158. The van der Waals surface area contributed by atoms with Crippen molar-refractivity contribution in [1.29, 1.82) is 0 Å². The summed E-state index contributed by atoms with van der Waals surface area (Å²) >= 11 is 0. The zero-order valence-corrected chi connectivity index (χ0v) is 17.1. The molecule has 0 spiro atoms. The Morgan fingerprint density at radius 3 is 1.88 bits per heavy atom. The number of carboxylic acid groups (broad SMARTS) is 1. The summed E-state index contributed by atoms with van der Waals surface area (Å²) in [6, 6.07) is -0.289. The average Bonchev–Trinajstić information content (AvgIpc) is 2.57. The number of hydrogen-bond acceptors (Lipinski definition) is 2. The molecule has 1 atom stereocenters. The van der Waals surface area contributed by atoms with Crippen LogP contribution in [0.2, 0.25) is 0 Å². The normalized spacial score (nSPS) is 12.4. The van der Waals surface area contributed by atoms with Crippen LogP contribution in [-0.4, -0.2) is 23.0 Å². The van der Waals surface area contributed by atoms with Crippen LogP contribution in [0.4, 0.5) is 0 Å². The minimum Gasteiger partial charge on any atom is -0.481 e. The van der Waals surface area contributed by atoms with Gasteiger partial charge in [-0.05, 0) is 39.0 Å². The Labute approximate surface area is 160 Å². The van der Waals surface area contributed by atoms with Crippen LogP contribution < -0.4 is 5.32 Å². The van der Waals surface area contributed by atoms with Crippen molar-refractivity contribution >= 4 is 11.9 Å². The smallest absolute Gasteiger partial charge is 0.305 e. The third-order valence-electron chi connectivity index (χ3n) is 4.55. The van der Waals surface area contributed by atoms with Gasteiger partial charge in [0, 0.05) is 12.5 Å². The van der Waals surface area contributed by atoms with Crippen molar-refractivity contribution in [1.82, 2.24) is 5.32 Å². The molecule has 0 aromatic carbocycles. The van der Waals surface area contributed by atoms with Crippen molar-refractivity contribution in [3.05, 3.63) is 12.2 Å². The lowest BCUT2D eigenvalue weighted by Crippen LogP contribution is -2.33. The Morgan fingerprint density at radius 2 is 1.35 bits per heavy atom. The number of rotatable bonds is 18. The molecule has 0 saturated carbocycles. The maximum absolute atomic E-state index is 11.7. The molecule has 2 N–H and O–H groups in total. The second-order valence-electron chi connectivity index (χ2n) is 7.40. The fraction of sp³-hybridized carbons (Fsp3) is 0.818. The lowest BCUT2D eigenvalue weighted by atomic mass is 10.1. The number of carboxylic acids is 1. The molecule has 0 fully saturated rings. The van der Waals surface area contributed by atoms with E-state index < -0.39 is 5.97 Å². The van der Waals surface area contributed by atoms with Crippen molar-refractivity contribution in [2.45, 2.75) is 116 Å². The van der Waals surface area contributed by atoms with Gasteiger partial charge in [-0.3, -0.25) is 9.59 Å². The number of carbonyl (C=O) groups is 2. The second kappa shape index (κ2) is 18.5. The molecule has 4 heteroatoms. The molecule has 1 amide bonds. The third kappa shape index (κ3) is 19.0. The van der Waals surface area contributed by atoms with Crippen LogP contribution in [0.25, 0.3) is 0 Å². The van der Waals surface area contributed by atoms with Crippen LogP contribution in [-0.2, 0) is 9.59 Å². The number of amides is 1. The van der Waals surface area contributed by atoms with Crippen LogP contribution >= 0.6 is 0 Å². The van der Waals surface area contributed by atoms with Crippen molar-refractivity contribution < 1.29 is 14.7 Å². The summed E-state index contributed by atoms with van der Waals surface area (Å²) < 4.78 is 0. The Hall–Kier alpha value is -1.32. The van der Waals surface area contributed by atoms with Crippen molar-refractivity contribution in [2.24, 2.45) is 0 Å². The SMILES string of the molecule is CCCCCCCCC=CCCCCCCCC(=O)NC(C)CC(=O)O. The number of nitrogens with one attached hydrogen (secondary N) is 1. The first kappa shape index (κ1) is 24.7. The Balaban J connectivity index is 3.31. The molecule has 0 bridgehead atoms. The monoisotopic (exact) mass is 367 g/mol. The number of carbonyl (C=O) groups excluding carboxylic acids is 1. The summed E-state index contributed by atoms with van der Waals surface area (Å²) in [7, 11) is 0. The number of aliphatic carboxylic acids is 1. The molecule has 0 aliphatic heterocycles. The van der Waals surface area contributed by atoms with Gasteiger partial charge in [-0.1, -0.05) is 70.4 Å². The summed E-state index contributed by atoms with van der Waals surface area (Å²) in [5, 5.41) is 11.4. The molecule has 0 heterocycles. The molecule has 4 nitrogen and oxygen atoms in total. The predicted octanol–water partition coefficient (Wildman–Crippen LogP) is 6.00. The first-order valence-corrected chi connectivity index (χ1v) is 10.7. The quantitative estimate of drug-likeness (QED) is 0.230. The molecule has 0 aliphatic rings. The zero-order valence-electron chi connectivity index (χ0n) is 17.1. The van der Waals surface area contributed by atoms with Gasteiger partial charge in [0.15, 0.2) is 0 Å². The van der Waals surface area contributed by atoms with Crippen LogP contribution in [0.5, 0.6) is 0 Å². The van der Waals surface area contributed by atoms with E-state index in [-0.39, 0.29) is 18.4 Å². The van der Waals surface area contributed by atoms with E-state index in [1.165, 1.54) is 70.6 Å². The lowest BCUT2D eigenvalue weighted by Gasteiger charge is -2.11. The highest BCUT2D eigenvalue weighted by Gasteiger charge is 2.10. The Morgan fingerprint density at radius 1 is 0.846 bits per heavy atom. The molecule has 0 radical (unpaired) electrons. The van der Waals surface area contributed by atoms with E-state index in [9.17, 15) is 9.59 Å². The number of hydrogen-bond donors (Lipinski definition) is 2. The molecule has 0 aromatic rings. The van der Waals surface area contributed by atoms with Gasteiger partial charge in [0.1, 0.15) is 0 Å². The van der Waals surface area contributed by atoms with E-state index in [2.05, 4.69) is 24.4 Å². The van der Waals surface area contributed by atoms with Crippen molar-refractivity contribution in [2.75, 3.05) is 0 Å². The van der Waals surface area contributed by atoms with Crippen LogP contribution in [0, 0.1) is 0 Å². The van der Waals surface area contributed by atoms with Gasteiger partial charge in [0.25, 0.3) is 0 Å². The number of allylic oxidation sites excluding steroid dienone is 2. The fourth-order valence-corrected chi connectivity index (χ4v) is 3.02. The topological polar surface area (TPSA) is 66.4 Å². The van der Waals surface area contributed by atoms with Crippen LogP contribution in [0.3, 0.4) is 0 Å². The minimum atomic E-state index is -0.876. The van der Waals surface area contributed by atoms with Gasteiger partial charge >= 0.3 is 5.97 Å². The largest absolute Gasteiger partial charge is 0.481 e. The van der Waals surface area contributed by atoms with E-state index in [1.807, 2.05) is 0 Å². The molecule has 0 rings (SSSR count). The standard InChI is InChI=1S/C22H41NO3/c1-3-4-5-6-7-8-9-10-11-12-13-14-15-16-17-18-21(24)23-20(2)19-22(25)26/h10-11,20H,3-9,12-19H2,1-2H3,(H,23,24)(H,25,26). The fourth-order valence-electron chi connectivity index (χ4n) is 3.02. The lowest BCUT2D eigenvalue weighted by molar-refractivity contribution is -0.137. The second-order valence-corrected chi connectivity index (χ2v) is 7.40. The van der Waals surface area contributed by atoms with Crippen LogP contribution in [0.15, 0.2) is 12.2 Å². The highest BCUT2D eigenvalue weighted by molar-refractivity contribution is 5.77. The molecular weight excluding hydrogens is 326 g/mol. The van der Waals surface area contributed by atoms with Gasteiger partial charge < -0.3 is 10.4 Å². The maximum atomic E-state index is 11.7. The first-order valence-electron chi connectivity index (χ1n) is 10.7. The summed E-state index contributed by atoms with van der Waals surface area (Å²) in [6.07, 6.45) is 21.3. The molecule has 0 aromatic heterocycles. The van der Waals surface area contributed by atoms with Gasteiger partial charge in [0.05, 0.1) is 6.42 Å². The van der Waals surface area contributed by atoms with Gasteiger partial charge in [-0.15, -0.1) is 0 Å². The maximum Gasteiger partial charge on any atom is 0.305 e. The molecular formula is C22H41NO3. The number of unbranched alkanes of at least 4 members (excludes halogenated alkanes) is 11. The molecule has 1 unspecified atom stereocenters. The summed E-state index contributed by atoms with van der Waals surface area (Å²) in [5.41, 5.74) is 0.